The number of aromatic nitrogens is 1. The molecule has 0 radical (unpaired) electrons. The highest BCUT2D eigenvalue weighted by Crippen LogP contribution is 2.37. The van der Waals surface area contributed by atoms with Gasteiger partial charge in [0.15, 0.2) is 10.9 Å². The summed E-state index contributed by atoms with van der Waals surface area (Å²) >= 11 is 14.7. The predicted octanol–water partition coefficient (Wildman–Crippen LogP) is 6.32. The van der Waals surface area contributed by atoms with E-state index in [4.69, 9.17) is 32.7 Å². The third-order valence-corrected chi connectivity index (χ3v) is 6.04. The van der Waals surface area contributed by atoms with Gasteiger partial charge in [-0.2, -0.15) is 0 Å². The number of hydrogen-bond donors (Lipinski definition) is 0. The smallest absolute Gasteiger partial charge is 0.195 e. The van der Waals surface area contributed by atoms with Crippen LogP contribution in [-0.2, 0) is 6.54 Å². The number of halogens is 3. The van der Waals surface area contributed by atoms with Crippen LogP contribution in [0, 0.1) is 5.82 Å². The van der Waals surface area contributed by atoms with Crippen LogP contribution in [0.1, 0.15) is 5.56 Å². The minimum Gasteiger partial charge on any atom is -0.497 e. The molecule has 0 unspecified atom stereocenters. The van der Waals surface area contributed by atoms with E-state index >= 15 is 0 Å². The molecule has 3 aromatic rings. The first-order valence-electron chi connectivity index (χ1n) is 7.72. The summed E-state index contributed by atoms with van der Waals surface area (Å²) in [6.07, 6.45) is 1.73. The first-order valence-corrected chi connectivity index (χ1v) is 10.1. The zero-order chi connectivity index (χ0) is 19.4. The normalized spacial score (nSPS) is 10.7. The third-order valence-electron chi connectivity index (χ3n) is 3.61. The molecule has 0 spiro atoms. The Bertz CT molecular complexity index is 903. The van der Waals surface area contributed by atoms with E-state index in [-0.39, 0.29) is 10.0 Å². The second kappa shape index (κ2) is 9.01. The van der Waals surface area contributed by atoms with Crippen molar-refractivity contribution in [3.63, 3.8) is 0 Å². The van der Waals surface area contributed by atoms with E-state index < -0.39 is 5.82 Å². The van der Waals surface area contributed by atoms with Crippen molar-refractivity contribution in [2.45, 2.75) is 11.4 Å². The molecule has 0 atom stereocenters. The number of ether oxygens (including phenoxy) is 2. The predicted molar refractivity (Wildman–Crippen MR) is 110 cm³/mol. The maximum Gasteiger partial charge on any atom is 0.195 e. The van der Waals surface area contributed by atoms with Gasteiger partial charge in [-0.05, 0) is 36.2 Å². The summed E-state index contributed by atoms with van der Waals surface area (Å²) < 4.78 is 26.4. The lowest BCUT2D eigenvalue weighted by Gasteiger charge is -2.22. The maximum atomic E-state index is 13.7. The summed E-state index contributed by atoms with van der Waals surface area (Å²) in [7, 11) is 3.22. The van der Waals surface area contributed by atoms with E-state index in [0.717, 1.165) is 10.7 Å². The lowest BCUT2D eigenvalue weighted by molar-refractivity contribution is 0.391. The van der Waals surface area contributed by atoms with Crippen LogP contribution in [0.4, 0.5) is 9.52 Å². The molecule has 0 bridgehead atoms. The fourth-order valence-electron chi connectivity index (χ4n) is 2.33. The summed E-state index contributed by atoms with van der Waals surface area (Å²) in [6.45, 7) is 0.498. The molecule has 9 heteroatoms. The van der Waals surface area contributed by atoms with Crippen LogP contribution in [0.15, 0.2) is 46.8 Å². The molecule has 0 fully saturated rings. The third kappa shape index (κ3) is 4.79. The number of thiazole rings is 1. The van der Waals surface area contributed by atoms with E-state index in [2.05, 4.69) is 4.98 Å². The van der Waals surface area contributed by atoms with E-state index in [9.17, 15) is 4.39 Å². The van der Waals surface area contributed by atoms with Gasteiger partial charge in [-0.15, -0.1) is 11.3 Å². The summed E-state index contributed by atoms with van der Waals surface area (Å²) in [5.41, 5.74) is 0.945. The number of rotatable bonds is 7. The molecule has 0 saturated heterocycles. The number of anilines is 1. The van der Waals surface area contributed by atoms with Crippen molar-refractivity contribution < 1.29 is 13.9 Å². The van der Waals surface area contributed by atoms with E-state index in [0.29, 0.717) is 22.9 Å². The zero-order valence-corrected chi connectivity index (χ0v) is 17.6. The van der Waals surface area contributed by atoms with Crippen LogP contribution in [0.3, 0.4) is 0 Å². The Morgan fingerprint density at radius 2 is 1.89 bits per heavy atom. The second-order valence-electron chi connectivity index (χ2n) is 5.32. The van der Waals surface area contributed by atoms with Gasteiger partial charge < -0.3 is 9.47 Å². The molecule has 142 valence electrons. The molecule has 0 aliphatic rings. The summed E-state index contributed by atoms with van der Waals surface area (Å²) in [6, 6.07) is 8.71. The molecule has 27 heavy (non-hydrogen) atoms. The number of nitrogens with zero attached hydrogens (tertiary/aromatic N) is 2. The molecule has 1 aromatic heterocycles. The van der Waals surface area contributed by atoms with Gasteiger partial charge in [-0.1, -0.05) is 23.2 Å². The van der Waals surface area contributed by atoms with Gasteiger partial charge in [0.05, 0.1) is 30.8 Å². The topological polar surface area (TPSA) is 34.6 Å². The molecule has 1 heterocycles. The summed E-state index contributed by atoms with van der Waals surface area (Å²) in [5.74, 6) is 0.785. The van der Waals surface area contributed by atoms with Gasteiger partial charge in [-0.3, -0.25) is 4.31 Å². The highest BCUT2D eigenvalue weighted by molar-refractivity contribution is 8.00. The highest BCUT2D eigenvalue weighted by Gasteiger charge is 2.17. The van der Waals surface area contributed by atoms with Crippen LogP contribution >= 0.6 is 46.5 Å². The molecule has 0 N–H and O–H groups in total. The minimum atomic E-state index is -0.625. The molecule has 0 saturated carbocycles. The van der Waals surface area contributed by atoms with Crippen molar-refractivity contribution in [1.82, 2.24) is 4.98 Å². The van der Waals surface area contributed by atoms with E-state index in [1.165, 1.54) is 23.3 Å². The van der Waals surface area contributed by atoms with Gasteiger partial charge in [-0.25, -0.2) is 9.37 Å². The Morgan fingerprint density at radius 3 is 2.48 bits per heavy atom. The fraction of sp³-hybridized carbons (Fsp3) is 0.167. The zero-order valence-electron chi connectivity index (χ0n) is 14.4. The standard InChI is InChI=1S/C18H15Cl2FN2O2S2/c1-24-12-4-3-11(16(7-12)25-2)10-23(18-22-5-6-26-18)27-13-8-14(19)17(21)15(20)9-13/h3-9H,10H2,1-2H3. The van der Waals surface area contributed by atoms with Gasteiger partial charge in [0, 0.05) is 28.1 Å². The van der Waals surface area contributed by atoms with Crippen molar-refractivity contribution in [2.75, 3.05) is 18.5 Å². The second-order valence-corrected chi connectivity index (χ2v) is 8.10. The van der Waals surface area contributed by atoms with Crippen molar-refractivity contribution in [2.24, 2.45) is 0 Å². The monoisotopic (exact) mass is 444 g/mol. The quantitative estimate of drug-likeness (QED) is 0.314. The molecular formula is C18H15Cl2FN2O2S2. The molecule has 2 aromatic carbocycles. The maximum absolute atomic E-state index is 13.7. The van der Waals surface area contributed by atoms with Crippen LogP contribution in [0.5, 0.6) is 11.5 Å². The van der Waals surface area contributed by atoms with Gasteiger partial charge in [0.2, 0.25) is 0 Å². The average Bonchev–Trinajstić information content (AvgIpc) is 3.20. The van der Waals surface area contributed by atoms with Gasteiger partial charge in [0.1, 0.15) is 11.5 Å². The average molecular weight is 445 g/mol. The Morgan fingerprint density at radius 1 is 1.15 bits per heavy atom. The minimum absolute atomic E-state index is 0.0221. The van der Waals surface area contributed by atoms with Crippen molar-refractivity contribution in [3.05, 3.63) is 63.3 Å². The SMILES string of the molecule is COc1ccc(CN(Sc2cc(Cl)c(F)c(Cl)c2)c2nccs2)c(OC)c1. The lowest BCUT2D eigenvalue weighted by atomic mass is 10.2. The number of hydrogen-bond acceptors (Lipinski definition) is 6. The van der Waals surface area contributed by atoms with Crippen LogP contribution in [-0.4, -0.2) is 19.2 Å². The summed E-state index contributed by atoms with van der Waals surface area (Å²) in [4.78, 5) is 5.08. The Balaban J connectivity index is 1.92. The number of benzene rings is 2. The highest BCUT2D eigenvalue weighted by atomic mass is 35.5. The first kappa shape index (κ1) is 20.1. The Kier molecular flexibility index (Phi) is 6.70. The van der Waals surface area contributed by atoms with Crippen molar-refractivity contribution in [1.29, 1.82) is 0 Å². The largest absolute Gasteiger partial charge is 0.497 e. The number of methoxy groups -OCH3 is 2. The van der Waals surface area contributed by atoms with Crippen LogP contribution in [0.2, 0.25) is 10.0 Å². The molecule has 0 aliphatic heterocycles. The van der Waals surface area contributed by atoms with E-state index in [1.807, 2.05) is 27.9 Å². The van der Waals surface area contributed by atoms with Crippen molar-refractivity contribution in [3.8, 4) is 11.5 Å². The Labute approximate surface area is 175 Å². The Hall–Kier alpha value is -1.67. The fourth-order valence-corrected chi connectivity index (χ4v) is 4.66. The molecule has 0 aliphatic carbocycles. The molecule has 3 rings (SSSR count). The lowest BCUT2D eigenvalue weighted by Crippen LogP contribution is -2.14. The van der Waals surface area contributed by atoms with Gasteiger partial charge >= 0.3 is 0 Å². The van der Waals surface area contributed by atoms with Gasteiger partial charge in [0.25, 0.3) is 0 Å². The summed E-state index contributed by atoms with van der Waals surface area (Å²) in [5, 5.41) is 2.63. The molecule has 0 amide bonds. The first-order chi connectivity index (χ1) is 13.0. The molecular weight excluding hydrogens is 430 g/mol. The van der Waals surface area contributed by atoms with E-state index in [1.54, 1.807) is 32.5 Å². The van der Waals surface area contributed by atoms with Crippen LogP contribution < -0.4 is 13.8 Å². The van der Waals surface area contributed by atoms with Crippen LogP contribution in [0.25, 0.3) is 0 Å². The van der Waals surface area contributed by atoms with Crippen molar-refractivity contribution >= 4 is 51.6 Å². The molecule has 4 nitrogen and oxygen atoms in total.